The van der Waals surface area contributed by atoms with Gasteiger partial charge in [0.15, 0.2) is 0 Å². The maximum absolute atomic E-state index is 2.93. The molecule has 0 aliphatic carbocycles. The molecule has 1 heteroatoms. The zero-order valence-electron chi connectivity index (χ0n) is 19.5. The Morgan fingerprint density at radius 1 is 0.680 bits per heavy atom. The standard InChI is InChI=1S/C24H47N/c1-21(2,3)18-16-14-13-15-17-19(22(4,5)6)25(24(10,11)12)20(18)23(7,8)9/h13-14,18-20H,15-17H2,1-12H3/b14-13-. The van der Waals surface area contributed by atoms with Gasteiger partial charge in [0.2, 0.25) is 0 Å². The van der Waals surface area contributed by atoms with Gasteiger partial charge in [-0.3, -0.25) is 4.90 Å². The molecule has 0 N–H and O–H groups in total. The Balaban J connectivity index is 3.66. The van der Waals surface area contributed by atoms with Gasteiger partial charge in [-0.15, -0.1) is 0 Å². The molecular formula is C24H47N. The Morgan fingerprint density at radius 3 is 1.56 bits per heavy atom. The second-order valence-electron chi connectivity index (χ2n) is 12.5. The maximum atomic E-state index is 2.93. The quantitative estimate of drug-likeness (QED) is 0.414. The highest BCUT2D eigenvalue weighted by Gasteiger charge is 2.49. The number of nitrogens with zero attached hydrogens (tertiary/aromatic N) is 1. The number of rotatable bonds is 0. The van der Waals surface area contributed by atoms with Gasteiger partial charge in [0.05, 0.1) is 0 Å². The van der Waals surface area contributed by atoms with Gasteiger partial charge in [-0.2, -0.15) is 0 Å². The fourth-order valence-electron chi connectivity index (χ4n) is 4.85. The Morgan fingerprint density at radius 2 is 1.20 bits per heavy atom. The van der Waals surface area contributed by atoms with Gasteiger partial charge < -0.3 is 0 Å². The largest absolute Gasteiger partial charge is 0.291 e. The van der Waals surface area contributed by atoms with Crippen LogP contribution in [0.1, 0.15) is 102 Å². The van der Waals surface area contributed by atoms with Crippen molar-refractivity contribution < 1.29 is 0 Å². The fraction of sp³-hybridized carbons (Fsp3) is 0.917. The minimum atomic E-state index is 0.156. The fourth-order valence-corrected chi connectivity index (χ4v) is 4.85. The van der Waals surface area contributed by atoms with Crippen LogP contribution in [0.4, 0.5) is 0 Å². The molecule has 0 fully saturated rings. The molecule has 1 rings (SSSR count). The number of hydrogen-bond donors (Lipinski definition) is 0. The van der Waals surface area contributed by atoms with Crippen molar-refractivity contribution in [2.75, 3.05) is 0 Å². The third-order valence-corrected chi connectivity index (χ3v) is 5.95. The molecule has 0 saturated carbocycles. The minimum Gasteiger partial charge on any atom is -0.291 e. The first kappa shape index (κ1) is 22.7. The molecule has 0 aromatic carbocycles. The average Bonchev–Trinajstić information content (AvgIpc) is 2.42. The van der Waals surface area contributed by atoms with Crippen molar-refractivity contribution in [3.05, 3.63) is 12.2 Å². The predicted molar refractivity (Wildman–Crippen MR) is 114 cm³/mol. The van der Waals surface area contributed by atoms with Crippen molar-refractivity contribution in [3.8, 4) is 0 Å². The van der Waals surface area contributed by atoms with Crippen LogP contribution in [0.3, 0.4) is 0 Å². The molecule has 1 aliphatic rings. The first-order chi connectivity index (χ1) is 11.0. The summed E-state index contributed by atoms with van der Waals surface area (Å²) in [6.07, 6.45) is 8.56. The van der Waals surface area contributed by atoms with Crippen molar-refractivity contribution >= 4 is 0 Å². The van der Waals surface area contributed by atoms with Crippen molar-refractivity contribution in [2.45, 2.75) is 120 Å². The molecule has 0 amide bonds. The SMILES string of the molecule is CC(C)(C)C1C/C=C\CCC(C(C)(C)C)N(C(C)(C)C)C1C(C)(C)C. The van der Waals surface area contributed by atoms with Crippen LogP contribution >= 0.6 is 0 Å². The summed E-state index contributed by atoms with van der Waals surface area (Å²) in [5.41, 5.74) is 0.965. The smallest absolute Gasteiger partial charge is 0.0188 e. The lowest BCUT2D eigenvalue weighted by atomic mass is 9.64. The van der Waals surface area contributed by atoms with Crippen LogP contribution in [0.2, 0.25) is 0 Å². The summed E-state index contributed by atoms with van der Waals surface area (Å²) in [5.74, 6) is 0.644. The molecule has 0 saturated heterocycles. The normalized spacial score (nSPS) is 29.7. The molecule has 148 valence electrons. The lowest BCUT2D eigenvalue weighted by Crippen LogP contribution is -2.64. The lowest BCUT2D eigenvalue weighted by Gasteiger charge is -2.58. The van der Waals surface area contributed by atoms with Crippen LogP contribution in [-0.4, -0.2) is 22.5 Å². The first-order valence-corrected chi connectivity index (χ1v) is 10.4. The Labute approximate surface area is 159 Å². The molecule has 1 heterocycles. The van der Waals surface area contributed by atoms with E-state index in [1.54, 1.807) is 0 Å². The second kappa shape index (κ2) is 7.37. The van der Waals surface area contributed by atoms with Gasteiger partial charge in [-0.1, -0.05) is 74.5 Å². The molecule has 0 spiro atoms. The van der Waals surface area contributed by atoms with E-state index in [9.17, 15) is 0 Å². The van der Waals surface area contributed by atoms with Crippen molar-refractivity contribution in [1.29, 1.82) is 0 Å². The molecule has 3 atom stereocenters. The van der Waals surface area contributed by atoms with Gasteiger partial charge in [0.25, 0.3) is 0 Å². The Kier molecular flexibility index (Phi) is 6.71. The lowest BCUT2D eigenvalue weighted by molar-refractivity contribution is -0.0947. The second-order valence-corrected chi connectivity index (χ2v) is 12.5. The monoisotopic (exact) mass is 349 g/mol. The van der Waals surface area contributed by atoms with Crippen molar-refractivity contribution in [1.82, 2.24) is 4.90 Å². The van der Waals surface area contributed by atoms with E-state index in [0.717, 1.165) is 0 Å². The Hall–Kier alpha value is -0.300. The van der Waals surface area contributed by atoms with Gasteiger partial charge in [0, 0.05) is 17.6 Å². The summed E-state index contributed by atoms with van der Waals surface area (Å²) < 4.78 is 0. The van der Waals surface area contributed by atoms with Crippen LogP contribution in [0.25, 0.3) is 0 Å². The van der Waals surface area contributed by atoms with E-state index >= 15 is 0 Å². The summed E-state index contributed by atoms with van der Waals surface area (Å²) in [4.78, 5) is 2.93. The molecule has 1 aliphatic heterocycles. The summed E-state index contributed by atoms with van der Waals surface area (Å²) >= 11 is 0. The van der Waals surface area contributed by atoms with E-state index in [-0.39, 0.29) is 16.4 Å². The highest BCUT2D eigenvalue weighted by molar-refractivity contribution is 5.05. The summed E-state index contributed by atoms with van der Waals surface area (Å²) in [5, 5.41) is 0. The topological polar surface area (TPSA) is 3.24 Å². The molecule has 25 heavy (non-hydrogen) atoms. The molecule has 0 bridgehead atoms. The minimum absolute atomic E-state index is 0.156. The zero-order chi connectivity index (χ0) is 19.8. The Bertz CT molecular complexity index is 444. The molecule has 0 radical (unpaired) electrons. The molecule has 1 nitrogen and oxygen atoms in total. The third kappa shape index (κ3) is 5.84. The summed E-state index contributed by atoms with van der Waals surface area (Å²) in [6, 6.07) is 1.14. The van der Waals surface area contributed by atoms with Gasteiger partial charge in [-0.05, 0) is 62.2 Å². The molecule has 3 unspecified atom stereocenters. The van der Waals surface area contributed by atoms with Gasteiger partial charge in [-0.25, -0.2) is 0 Å². The number of hydrogen-bond acceptors (Lipinski definition) is 1. The highest BCUT2D eigenvalue weighted by Crippen LogP contribution is 2.47. The summed E-state index contributed by atoms with van der Waals surface area (Å²) in [6.45, 7) is 29.3. The number of allylic oxidation sites excluding steroid dienone is 2. The van der Waals surface area contributed by atoms with E-state index in [2.05, 4.69) is 100 Å². The average molecular weight is 350 g/mol. The molecular weight excluding hydrogens is 302 g/mol. The van der Waals surface area contributed by atoms with Crippen molar-refractivity contribution in [2.24, 2.45) is 22.2 Å². The first-order valence-electron chi connectivity index (χ1n) is 10.4. The summed E-state index contributed by atoms with van der Waals surface area (Å²) in [7, 11) is 0. The van der Waals surface area contributed by atoms with E-state index in [4.69, 9.17) is 0 Å². The van der Waals surface area contributed by atoms with Gasteiger partial charge >= 0.3 is 0 Å². The molecule has 0 aromatic heterocycles. The van der Waals surface area contributed by atoms with Crippen LogP contribution in [-0.2, 0) is 0 Å². The highest BCUT2D eigenvalue weighted by atomic mass is 15.3. The predicted octanol–water partition coefficient (Wildman–Crippen LogP) is 7.32. The van der Waals surface area contributed by atoms with Crippen molar-refractivity contribution in [3.63, 3.8) is 0 Å². The molecule has 0 aromatic rings. The zero-order valence-corrected chi connectivity index (χ0v) is 19.5. The maximum Gasteiger partial charge on any atom is 0.0188 e. The van der Waals surface area contributed by atoms with E-state index in [1.807, 2.05) is 0 Å². The van der Waals surface area contributed by atoms with E-state index in [1.165, 1.54) is 19.3 Å². The van der Waals surface area contributed by atoms with Crippen LogP contribution < -0.4 is 0 Å². The van der Waals surface area contributed by atoms with Crippen LogP contribution in [0, 0.1) is 22.2 Å². The third-order valence-electron chi connectivity index (χ3n) is 5.95. The van der Waals surface area contributed by atoms with Crippen LogP contribution in [0.15, 0.2) is 12.2 Å². The van der Waals surface area contributed by atoms with E-state index in [0.29, 0.717) is 23.4 Å². The van der Waals surface area contributed by atoms with Gasteiger partial charge in [0.1, 0.15) is 0 Å². The van der Waals surface area contributed by atoms with Crippen LogP contribution in [0.5, 0.6) is 0 Å². The van der Waals surface area contributed by atoms with E-state index < -0.39 is 0 Å².